The molecule has 59 heavy (non-hydrogen) atoms. The predicted molar refractivity (Wildman–Crippen MR) is 191 cm³/mol. The van der Waals surface area contributed by atoms with Gasteiger partial charge in [-0.25, -0.2) is 24.2 Å². The maximum Gasteiger partial charge on any atom is 1.00 e. The molecule has 0 bridgehead atoms. The Kier molecular flexibility index (Phi) is 38.8. The zero-order valence-electron chi connectivity index (χ0n) is 33.6. The summed E-state index contributed by atoms with van der Waals surface area (Å²) in [6.07, 6.45) is 2.45. The Labute approximate surface area is 467 Å². The van der Waals surface area contributed by atoms with Crippen LogP contribution >= 0.6 is 7.75 Å². The summed E-state index contributed by atoms with van der Waals surface area (Å²) < 4.78 is 29.7. The average Bonchev–Trinajstić information content (AvgIpc) is 3.12. The van der Waals surface area contributed by atoms with Crippen LogP contribution < -0.4 is 181 Å². The molecular weight excluding hydrogens is 887 g/mol. The Bertz CT molecular complexity index is 1550. The summed E-state index contributed by atoms with van der Waals surface area (Å²) in [5, 5.41) is 48.5. The Morgan fingerprint density at radius 1 is 0.644 bits per heavy atom. The standard InChI is InChI=1S/C33H50FN6O15P.3K/c34-25-14-11-21(20-37-25)30(46)36-18-6-1-3-9-26(41)35-17-5-2-4-10-27(42)39-23(32(49)50)12-15-28(43)38-22(31(47)48)8-7-19-55-56(53,54)40-24(33(51)52)13-16-29(44)45;;;/h11,14,20,22-24H,1-10,12-13,15-19H2,(H,35,41)(H,36,46)(H,38,43)(H,39,42)(H,44,45)(H,47,48)(H,49,50)(H,51,52)(H2,40,53,54);;;/q;3*+1/t22-,23-,24-;;;/m0.../s1/i34-1;;;. The Hall–Kier alpha value is -0.141. The molecule has 4 amide bonds. The molecule has 1 aromatic rings. The number of amides is 4. The van der Waals surface area contributed by atoms with E-state index >= 15 is 0 Å². The van der Waals surface area contributed by atoms with E-state index in [1.54, 1.807) is 0 Å². The summed E-state index contributed by atoms with van der Waals surface area (Å²) in [6.45, 7) is 0.226. The van der Waals surface area contributed by atoms with Gasteiger partial charge in [0, 0.05) is 45.0 Å². The third-order valence-corrected chi connectivity index (χ3v) is 9.02. The first-order valence-corrected chi connectivity index (χ1v) is 19.4. The number of unbranched alkanes of at least 4 members (excludes halogenated alkanes) is 4. The first kappa shape index (κ1) is 63.1. The molecule has 0 saturated heterocycles. The van der Waals surface area contributed by atoms with E-state index in [0.717, 1.165) is 12.3 Å². The van der Waals surface area contributed by atoms with Crippen molar-refractivity contribution in [2.24, 2.45) is 0 Å². The predicted octanol–water partition coefficient (Wildman–Crippen LogP) is -8.08. The van der Waals surface area contributed by atoms with Crippen molar-refractivity contribution in [3.63, 3.8) is 0 Å². The molecule has 0 aliphatic rings. The largest absolute Gasteiger partial charge is 1.00 e. The number of pyridine rings is 1. The van der Waals surface area contributed by atoms with E-state index in [-0.39, 0.29) is 197 Å². The Morgan fingerprint density at radius 3 is 1.68 bits per heavy atom. The van der Waals surface area contributed by atoms with Gasteiger partial charge in [0.2, 0.25) is 23.7 Å². The second kappa shape index (κ2) is 36.2. The number of nitrogens with zero attached hydrogens (tertiary/aromatic N) is 1. The number of carboxylic acid groups (broad SMARTS) is 4. The van der Waals surface area contributed by atoms with Gasteiger partial charge in [0.1, 0.15) is 18.1 Å². The van der Waals surface area contributed by atoms with Crippen molar-refractivity contribution < 1.29 is 231 Å². The van der Waals surface area contributed by atoms with Crippen molar-refractivity contribution in [3.8, 4) is 0 Å². The summed E-state index contributed by atoms with van der Waals surface area (Å²) in [6, 6.07) is -2.22. The van der Waals surface area contributed by atoms with Crippen LogP contribution in [0.1, 0.15) is 100 Å². The fraction of sp³-hybridized carbons (Fsp3) is 0.606. The van der Waals surface area contributed by atoms with E-state index in [2.05, 4.69) is 26.3 Å². The van der Waals surface area contributed by atoms with E-state index in [4.69, 9.17) is 14.7 Å². The monoisotopic (exact) mass is 936 g/mol. The minimum absolute atomic E-state index is 0. The molecule has 1 unspecified atom stereocenters. The van der Waals surface area contributed by atoms with E-state index < -0.39 is 93.4 Å². The number of aliphatic carboxylic acids is 4. The average molecular weight is 937 g/mol. The van der Waals surface area contributed by atoms with E-state index in [9.17, 15) is 62.4 Å². The molecule has 0 aliphatic carbocycles. The number of hydrogen-bond donors (Lipinski definition) is 10. The van der Waals surface area contributed by atoms with Gasteiger partial charge >= 0.3 is 186 Å². The molecule has 4 atom stereocenters. The third-order valence-electron chi connectivity index (χ3n) is 7.85. The van der Waals surface area contributed by atoms with Crippen LogP contribution in [0.25, 0.3) is 0 Å². The number of carbonyl (C=O) groups is 8. The summed E-state index contributed by atoms with van der Waals surface area (Å²) in [5.74, 6) is -8.42. The van der Waals surface area contributed by atoms with E-state index in [1.165, 1.54) is 6.07 Å². The van der Waals surface area contributed by atoms with Gasteiger partial charge < -0.3 is 46.6 Å². The normalized spacial score (nSPS) is 12.9. The topological polar surface area (TPSA) is 337 Å². The zero-order valence-corrected chi connectivity index (χ0v) is 43.8. The van der Waals surface area contributed by atoms with Crippen LogP contribution in [0.2, 0.25) is 0 Å². The molecule has 10 N–H and O–H groups in total. The Balaban J connectivity index is -0.0000105. The van der Waals surface area contributed by atoms with Crippen LogP contribution in [0.5, 0.6) is 0 Å². The summed E-state index contributed by atoms with van der Waals surface area (Å²) in [7, 11) is -4.73. The molecule has 26 heteroatoms. The second-order valence-electron chi connectivity index (χ2n) is 12.5. The van der Waals surface area contributed by atoms with E-state index in [0.29, 0.717) is 58.0 Å². The van der Waals surface area contributed by atoms with Gasteiger partial charge in [-0.15, -0.1) is 0 Å². The number of rotatable bonds is 31. The molecule has 1 heterocycles. The molecule has 0 radical (unpaired) electrons. The minimum Gasteiger partial charge on any atom is -0.481 e. The van der Waals surface area contributed by atoms with Crippen LogP contribution in [-0.4, -0.2) is 116 Å². The van der Waals surface area contributed by atoms with Crippen LogP contribution in [0.15, 0.2) is 18.3 Å². The van der Waals surface area contributed by atoms with Crippen molar-refractivity contribution in [3.05, 3.63) is 29.8 Å². The number of hydrogen-bond acceptors (Lipinski definition) is 11. The quantitative estimate of drug-likeness (QED) is 0.0143. The van der Waals surface area contributed by atoms with Gasteiger partial charge in [0.25, 0.3) is 5.91 Å². The summed E-state index contributed by atoms with van der Waals surface area (Å²) in [4.78, 5) is 107. The number of aromatic nitrogens is 1. The van der Waals surface area contributed by atoms with Gasteiger partial charge in [0.05, 0.1) is 12.2 Å². The van der Waals surface area contributed by atoms with Crippen LogP contribution in [0, 0.1) is 5.95 Å². The van der Waals surface area contributed by atoms with Crippen LogP contribution in [0.4, 0.5) is 4.39 Å². The van der Waals surface area contributed by atoms with Crippen molar-refractivity contribution in [1.29, 1.82) is 0 Å². The van der Waals surface area contributed by atoms with Gasteiger partial charge in [-0.1, -0.05) is 12.8 Å². The molecule has 1 aromatic heterocycles. The molecule has 314 valence electrons. The zero-order chi connectivity index (χ0) is 42.1. The number of carbonyl (C=O) groups excluding carboxylic acids is 4. The number of nitrogens with one attached hydrogen (secondary N) is 5. The maximum absolute atomic E-state index is 12.8. The van der Waals surface area contributed by atoms with Crippen molar-refractivity contribution >= 4 is 55.3 Å². The van der Waals surface area contributed by atoms with Gasteiger partial charge in [-0.3, -0.25) is 33.3 Å². The van der Waals surface area contributed by atoms with Gasteiger partial charge in [0.15, 0.2) is 0 Å². The number of halogens is 1. The molecule has 0 aromatic carbocycles. The van der Waals surface area contributed by atoms with Crippen LogP contribution in [-0.2, 0) is 42.7 Å². The maximum atomic E-state index is 12.8. The molecule has 0 saturated carbocycles. The van der Waals surface area contributed by atoms with Crippen LogP contribution in [0.3, 0.4) is 0 Å². The van der Waals surface area contributed by atoms with Gasteiger partial charge in [-0.05, 0) is 63.5 Å². The van der Waals surface area contributed by atoms with Crippen molar-refractivity contribution in [2.45, 2.75) is 108 Å². The summed E-state index contributed by atoms with van der Waals surface area (Å²) >= 11 is 0. The van der Waals surface area contributed by atoms with Crippen molar-refractivity contribution in [1.82, 2.24) is 31.3 Å². The molecule has 0 spiro atoms. The first-order chi connectivity index (χ1) is 26.4. The molecule has 1 rings (SSSR count). The first-order valence-electron chi connectivity index (χ1n) is 17.8. The molecular formula is C33H50FK3N6O15P+3. The summed E-state index contributed by atoms with van der Waals surface area (Å²) in [5.41, 5.74) is 0.246. The fourth-order valence-corrected chi connectivity index (χ4v) is 5.93. The third kappa shape index (κ3) is 32.2. The minimum atomic E-state index is -4.73. The SMILES string of the molecule is O=C(O)CC[C@H](NP(=O)(O)OCCC[C@H](NC(=O)CC[C@H](NC(=O)CCCCCNC(=O)CCCCCNC(=O)c1ccc([18F])nc1)C(=O)O)C(=O)O)C(=O)O.[K+].[K+].[K+]. The van der Waals surface area contributed by atoms with Crippen molar-refractivity contribution in [2.75, 3.05) is 19.7 Å². The molecule has 0 fully saturated rings. The van der Waals surface area contributed by atoms with E-state index in [1.807, 2.05) is 5.09 Å². The smallest absolute Gasteiger partial charge is 0.481 e. The molecule has 0 aliphatic heterocycles. The Morgan fingerprint density at radius 2 is 1.15 bits per heavy atom. The second-order valence-corrected chi connectivity index (χ2v) is 14.1. The number of carboxylic acids is 4. The molecule has 21 nitrogen and oxygen atoms in total. The van der Waals surface area contributed by atoms with Gasteiger partial charge in [-0.2, -0.15) is 4.39 Å². The fourth-order valence-electron chi connectivity index (χ4n) is 4.85.